The van der Waals surface area contributed by atoms with Crippen molar-refractivity contribution in [3.05, 3.63) is 0 Å². The van der Waals surface area contributed by atoms with Crippen LogP contribution in [0.2, 0.25) is 0 Å². The molecule has 1 aliphatic heterocycles. The van der Waals surface area contributed by atoms with Crippen LogP contribution in [0.1, 0.15) is 65.7 Å². The van der Waals surface area contributed by atoms with Gasteiger partial charge >= 0.3 is 0 Å². The van der Waals surface area contributed by atoms with Crippen molar-refractivity contribution in [3.8, 4) is 0 Å². The van der Waals surface area contributed by atoms with Gasteiger partial charge in [-0.1, -0.05) is 26.2 Å². The highest BCUT2D eigenvalue weighted by Gasteiger charge is 2.28. The predicted molar refractivity (Wildman–Crippen MR) is 72.2 cm³/mol. The van der Waals surface area contributed by atoms with Crippen molar-refractivity contribution in [3.63, 3.8) is 0 Å². The van der Waals surface area contributed by atoms with Crippen LogP contribution in [0, 0.1) is 5.92 Å². The van der Waals surface area contributed by atoms with Crippen LogP contribution in [-0.2, 0) is 4.74 Å². The summed E-state index contributed by atoms with van der Waals surface area (Å²) in [6.07, 6.45) is 10.3. The Bertz CT molecular complexity index is 221. The second kappa shape index (κ2) is 6.19. The van der Waals surface area contributed by atoms with Gasteiger partial charge in [0.2, 0.25) is 0 Å². The van der Waals surface area contributed by atoms with Gasteiger partial charge in [-0.3, -0.25) is 0 Å². The van der Waals surface area contributed by atoms with Crippen molar-refractivity contribution in [2.75, 3.05) is 0 Å². The van der Waals surface area contributed by atoms with Crippen LogP contribution >= 0.6 is 0 Å². The molecule has 1 saturated heterocycles. The van der Waals surface area contributed by atoms with E-state index in [1.165, 1.54) is 44.9 Å². The fourth-order valence-corrected chi connectivity index (χ4v) is 3.69. The molecule has 4 unspecified atom stereocenters. The van der Waals surface area contributed by atoms with E-state index in [9.17, 15) is 0 Å². The summed E-state index contributed by atoms with van der Waals surface area (Å²) in [6, 6.07) is 1.46. The lowest BCUT2D eigenvalue weighted by molar-refractivity contribution is -0.0444. The first kappa shape index (κ1) is 13.4. The zero-order chi connectivity index (χ0) is 12.3. The van der Waals surface area contributed by atoms with Crippen molar-refractivity contribution in [2.24, 2.45) is 5.92 Å². The highest BCUT2D eigenvalue weighted by atomic mass is 16.5. The molecule has 1 N–H and O–H groups in total. The van der Waals surface area contributed by atoms with Crippen molar-refractivity contribution >= 4 is 0 Å². The molecular weight excluding hydrogens is 210 g/mol. The topological polar surface area (TPSA) is 21.3 Å². The summed E-state index contributed by atoms with van der Waals surface area (Å²) in [5, 5.41) is 3.90. The monoisotopic (exact) mass is 239 g/mol. The summed E-state index contributed by atoms with van der Waals surface area (Å²) in [5.74, 6) is 0.968. The number of rotatable bonds is 3. The standard InChI is InChI=1S/C15H29NO/c1-4-13-6-5-7-14(10-13)16-15-8-11(2)17-12(3)9-15/h11-16H,4-10H2,1-3H3. The summed E-state index contributed by atoms with van der Waals surface area (Å²) < 4.78 is 5.81. The molecule has 0 radical (unpaired) electrons. The Morgan fingerprint density at radius 1 is 1.00 bits per heavy atom. The Morgan fingerprint density at radius 3 is 2.35 bits per heavy atom. The molecule has 0 amide bonds. The SMILES string of the molecule is CCC1CCCC(NC2CC(C)OC(C)C2)C1. The average Bonchev–Trinajstić information content (AvgIpc) is 2.28. The van der Waals surface area contributed by atoms with E-state index in [0.29, 0.717) is 18.2 Å². The van der Waals surface area contributed by atoms with Gasteiger partial charge in [-0.25, -0.2) is 0 Å². The van der Waals surface area contributed by atoms with Gasteiger partial charge in [0.15, 0.2) is 0 Å². The van der Waals surface area contributed by atoms with E-state index < -0.39 is 0 Å². The molecule has 1 saturated carbocycles. The van der Waals surface area contributed by atoms with Crippen molar-refractivity contribution in [1.29, 1.82) is 0 Å². The Morgan fingerprint density at radius 2 is 1.71 bits per heavy atom. The number of nitrogens with one attached hydrogen (secondary N) is 1. The number of hydrogen-bond acceptors (Lipinski definition) is 2. The number of hydrogen-bond donors (Lipinski definition) is 1. The zero-order valence-electron chi connectivity index (χ0n) is 11.7. The molecule has 2 fully saturated rings. The normalized spacial score (nSPS) is 43.6. The molecular formula is C15H29NO. The lowest BCUT2D eigenvalue weighted by atomic mass is 9.83. The summed E-state index contributed by atoms with van der Waals surface area (Å²) >= 11 is 0. The molecule has 17 heavy (non-hydrogen) atoms. The largest absolute Gasteiger partial charge is 0.375 e. The maximum absolute atomic E-state index is 5.81. The Labute approximate surface area is 107 Å². The maximum atomic E-state index is 5.81. The van der Waals surface area contributed by atoms with Gasteiger partial charge in [0.05, 0.1) is 12.2 Å². The van der Waals surface area contributed by atoms with Crippen LogP contribution in [0.4, 0.5) is 0 Å². The molecule has 100 valence electrons. The molecule has 2 heteroatoms. The fraction of sp³-hybridized carbons (Fsp3) is 1.00. The van der Waals surface area contributed by atoms with Crippen LogP contribution in [0.25, 0.3) is 0 Å². The molecule has 0 aromatic carbocycles. The highest BCUT2D eigenvalue weighted by Crippen LogP contribution is 2.28. The van der Waals surface area contributed by atoms with E-state index >= 15 is 0 Å². The minimum absolute atomic E-state index is 0.432. The molecule has 2 aliphatic rings. The van der Waals surface area contributed by atoms with Crippen molar-refractivity contribution in [1.82, 2.24) is 5.32 Å². The Hall–Kier alpha value is -0.0800. The van der Waals surface area contributed by atoms with Gasteiger partial charge in [-0.15, -0.1) is 0 Å². The van der Waals surface area contributed by atoms with E-state index in [1.807, 2.05) is 0 Å². The first-order valence-corrected chi connectivity index (χ1v) is 7.58. The summed E-state index contributed by atoms with van der Waals surface area (Å²) in [7, 11) is 0. The lowest BCUT2D eigenvalue weighted by Crippen LogP contribution is -2.47. The van der Waals surface area contributed by atoms with Crippen LogP contribution in [0.3, 0.4) is 0 Å². The summed E-state index contributed by atoms with van der Waals surface area (Å²) in [6.45, 7) is 6.76. The van der Waals surface area contributed by atoms with E-state index in [0.717, 1.165) is 12.0 Å². The predicted octanol–water partition coefficient (Wildman–Crippen LogP) is 3.50. The van der Waals surface area contributed by atoms with Crippen LogP contribution in [0.15, 0.2) is 0 Å². The van der Waals surface area contributed by atoms with E-state index in [2.05, 4.69) is 26.1 Å². The summed E-state index contributed by atoms with van der Waals surface area (Å²) in [4.78, 5) is 0. The molecule has 0 aromatic heterocycles. The molecule has 2 rings (SSSR count). The smallest absolute Gasteiger partial charge is 0.0565 e. The first-order valence-electron chi connectivity index (χ1n) is 7.58. The van der Waals surface area contributed by atoms with Crippen molar-refractivity contribution in [2.45, 2.75) is 90.0 Å². The van der Waals surface area contributed by atoms with Gasteiger partial charge in [0.1, 0.15) is 0 Å². The molecule has 0 bridgehead atoms. The zero-order valence-corrected chi connectivity index (χ0v) is 11.7. The average molecular weight is 239 g/mol. The molecule has 1 aliphatic carbocycles. The molecule has 0 aromatic rings. The quantitative estimate of drug-likeness (QED) is 0.814. The Kier molecular flexibility index (Phi) is 4.87. The maximum Gasteiger partial charge on any atom is 0.0565 e. The third kappa shape index (κ3) is 3.96. The third-order valence-corrected chi connectivity index (χ3v) is 4.53. The molecule has 0 spiro atoms. The van der Waals surface area contributed by atoms with Gasteiger partial charge in [-0.05, 0) is 45.4 Å². The van der Waals surface area contributed by atoms with E-state index in [-0.39, 0.29) is 0 Å². The minimum Gasteiger partial charge on any atom is -0.375 e. The van der Waals surface area contributed by atoms with E-state index in [1.54, 1.807) is 0 Å². The number of ether oxygens (including phenoxy) is 1. The van der Waals surface area contributed by atoms with Crippen LogP contribution in [0.5, 0.6) is 0 Å². The lowest BCUT2D eigenvalue weighted by Gasteiger charge is -2.37. The first-order chi connectivity index (χ1) is 8.17. The third-order valence-electron chi connectivity index (χ3n) is 4.53. The van der Waals surface area contributed by atoms with Crippen LogP contribution < -0.4 is 5.32 Å². The Balaban J connectivity index is 1.79. The molecule has 1 heterocycles. The highest BCUT2D eigenvalue weighted by molar-refractivity contribution is 4.85. The van der Waals surface area contributed by atoms with Crippen LogP contribution in [-0.4, -0.2) is 24.3 Å². The summed E-state index contributed by atoms with van der Waals surface area (Å²) in [5.41, 5.74) is 0. The second-order valence-electron chi connectivity index (χ2n) is 6.23. The van der Waals surface area contributed by atoms with Gasteiger partial charge in [-0.2, -0.15) is 0 Å². The van der Waals surface area contributed by atoms with Crippen molar-refractivity contribution < 1.29 is 4.74 Å². The second-order valence-corrected chi connectivity index (χ2v) is 6.23. The molecule has 4 atom stereocenters. The van der Waals surface area contributed by atoms with Gasteiger partial charge in [0, 0.05) is 12.1 Å². The van der Waals surface area contributed by atoms with E-state index in [4.69, 9.17) is 4.74 Å². The van der Waals surface area contributed by atoms with Gasteiger partial charge in [0.25, 0.3) is 0 Å². The minimum atomic E-state index is 0.432. The molecule has 2 nitrogen and oxygen atoms in total. The van der Waals surface area contributed by atoms with Gasteiger partial charge < -0.3 is 10.1 Å². The fourth-order valence-electron chi connectivity index (χ4n) is 3.69.